The number of nitrogens with one attached hydrogen (secondary N) is 1. The van der Waals surface area contributed by atoms with Gasteiger partial charge in [0.25, 0.3) is 5.91 Å². The maximum atomic E-state index is 12.9. The zero-order valence-corrected chi connectivity index (χ0v) is 17.2. The summed E-state index contributed by atoms with van der Waals surface area (Å²) < 4.78 is 18.0. The minimum Gasteiger partial charge on any atom is -0.451 e. The monoisotopic (exact) mass is 418 g/mol. The molecular formula is C21H23FN2O4S. The molecule has 1 aliphatic carbocycles. The van der Waals surface area contributed by atoms with Gasteiger partial charge in [-0.1, -0.05) is 6.92 Å². The molecule has 0 saturated heterocycles. The second kappa shape index (κ2) is 9.17. The van der Waals surface area contributed by atoms with Gasteiger partial charge < -0.3 is 15.0 Å². The largest absolute Gasteiger partial charge is 0.451 e. The van der Waals surface area contributed by atoms with Crippen LogP contribution in [0.15, 0.2) is 30.3 Å². The van der Waals surface area contributed by atoms with Gasteiger partial charge in [0.1, 0.15) is 10.7 Å². The summed E-state index contributed by atoms with van der Waals surface area (Å²) in [5.74, 6) is -1.23. The number of rotatable bonds is 6. The van der Waals surface area contributed by atoms with Crippen molar-refractivity contribution >= 4 is 34.8 Å². The van der Waals surface area contributed by atoms with Gasteiger partial charge in [-0.3, -0.25) is 9.59 Å². The molecule has 0 bridgehead atoms. The number of likely N-dealkylation sites (N-methyl/N-ethyl adjacent to an activating group) is 1. The Hall–Kier alpha value is -2.74. The molecule has 0 saturated carbocycles. The minimum atomic E-state index is -0.519. The van der Waals surface area contributed by atoms with E-state index in [0.717, 1.165) is 19.3 Å². The molecule has 0 fully saturated rings. The third-order valence-electron chi connectivity index (χ3n) is 4.79. The molecule has 1 heterocycles. The zero-order valence-electron chi connectivity index (χ0n) is 16.4. The van der Waals surface area contributed by atoms with Gasteiger partial charge in [-0.2, -0.15) is 0 Å². The summed E-state index contributed by atoms with van der Waals surface area (Å²) in [4.78, 5) is 39.3. The first-order valence-electron chi connectivity index (χ1n) is 9.40. The number of halogens is 1. The SMILES string of the molecule is CC1CCc2sc(C(=O)OCC(=O)N(C)CC(=O)Nc3ccc(F)cc3)cc2C1. The number of nitrogens with zero attached hydrogens (tertiary/aromatic N) is 1. The summed E-state index contributed by atoms with van der Waals surface area (Å²) in [5, 5.41) is 2.57. The molecule has 6 nitrogen and oxygen atoms in total. The normalized spacial score (nSPS) is 15.3. The van der Waals surface area contributed by atoms with Crippen molar-refractivity contribution in [2.45, 2.75) is 26.2 Å². The Morgan fingerprint density at radius 2 is 2.00 bits per heavy atom. The molecule has 0 radical (unpaired) electrons. The summed E-state index contributed by atoms with van der Waals surface area (Å²) in [6.07, 6.45) is 3.05. The highest BCUT2D eigenvalue weighted by molar-refractivity contribution is 7.14. The fourth-order valence-corrected chi connectivity index (χ4v) is 4.25. The lowest BCUT2D eigenvalue weighted by molar-refractivity contribution is -0.136. The molecule has 154 valence electrons. The number of hydrogen-bond donors (Lipinski definition) is 1. The van der Waals surface area contributed by atoms with E-state index in [4.69, 9.17) is 4.74 Å². The maximum Gasteiger partial charge on any atom is 0.348 e. The molecule has 3 rings (SSSR count). The number of aryl methyl sites for hydroxylation is 1. The van der Waals surface area contributed by atoms with E-state index in [9.17, 15) is 18.8 Å². The lowest BCUT2D eigenvalue weighted by Gasteiger charge is -2.16. The Morgan fingerprint density at radius 1 is 1.28 bits per heavy atom. The second-order valence-electron chi connectivity index (χ2n) is 7.29. The van der Waals surface area contributed by atoms with Gasteiger partial charge >= 0.3 is 5.97 Å². The molecule has 0 spiro atoms. The van der Waals surface area contributed by atoms with E-state index in [1.165, 1.54) is 58.0 Å². The van der Waals surface area contributed by atoms with Crippen molar-refractivity contribution in [1.82, 2.24) is 4.90 Å². The lowest BCUT2D eigenvalue weighted by Crippen LogP contribution is -2.37. The van der Waals surface area contributed by atoms with Crippen LogP contribution in [-0.2, 0) is 27.2 Å². The number of thiophene rings is 1. The van der Waals surface area contributed by atoms with E-state index in [-0.39, 0.29) is 6.54 Å². The molecule has 0 aliphatic heterocycles. The van der Waals surface area contributed by atoms with Crippen LogP contribution in [0.25, 0.3) is 0 Å². The summed E-state index contributed by atoms with van der Waals surface area (Å²) in [7, 11) is 1.45. The van der Waals surface area contributed by atoms with E-state index < -0.39 is 30.2 Å². The second-order valence-corrected chi connectivity index (χ2v) is 8.42. The molecule has 2 aromatic rings. The number of hydrogen-bond acceptors (Lipinski definition) is 5. The lowest BCUT2D eigenvalue weighted by atomic mass is 9.90. The molecule has 29 heavy (non-hydrogen) atoms. The third kappa shape index (κ3) is 5.63. The summed E-state index contributed by atoms with van der Waals surface area (Å²) in [5.41, 5.74) is 1.63. The van der Waals surface area contributed by atoms with Crippen LogP contribution >= 0.6 is 11.3 Å². The van der Waals surface area contributed by atoms with Crippen LogP contribution in [-0.4, -0.2) is 42.9 Å². The first kappa shape index (κ1) is 21.0. The van der Waals surface area contributed by atoms with Crippen LogP contribution in [0.2, 0.25) is 0 Å². The van der Waals surface area contributed by atoms with Crippen LogP contribution in [0.4, 0.5) is 10.1 Å². The number of anilines is 1. The highest BCUT2D eigenvalue weighted by Crippen LogP contribution is 2.32. The van der Waals surface area contributed by atoms with Crippen LogP contribution in [0, 0.1) is 11.7 Å². The highest BCUT2D eigenvalue weighted by Gasteiger charge is 2.22. The van der Waals surface area contributed by atoms with Gasteiger partial charge in [0.2, 0.25) is 5.91 Å². The van der Waals surface area contributed by atoms with Gasteiger partial charge in [-0.05, 0) is 61.1 Å². The van der Waals surface area contributed by atoms with Gasteiger partial charge in [0.15, 0.2) is 6.61 Å². The van der Waals surface area contributed by atoms with E-state index in [0.29, 0.717) is 16.5 Å². The predicted molar refractivity (Wildman–Crippen MR) is 108 cm³/mol. The van der Waals surface area contributed by atoms with Crippen LogP contribution in [0.1, 0.15) is 33.5 Å². The Bertz CT molecular complexity index is 910. The van der Waals surface area contributed by atoms with Crippen molar-refractivity contribution in [3.8, 4) is 0 Å². The van der Waals surface area contributed by atoms with Gasteiger partial charge in [-0.25, -0.2) is 9.18 Å². The van der Waals surface area contributed by atoms with Crippen molar-refractivity contribution < 1.29 is 23.5 Å². The number of fused-ring (bicyclic) bond motifs is 1. The van der Waals surface area contributed by atoms with E-state index in [1.54, 1.807) is 0 Å². The average molecular weight is 418 g/mol. The Balaban J connectivity index is 1.46. The number of esters is 1. The highest BCUT2D eigenvalue weighted by atomic mass is 32.1. The molecular weight excluding hydrogens is 395 g/mol. The fraction of sp³-hybridized carbons (Fsp3) is 0.381. The third-order valence-corrected chi connectivity index (χ3v) is 6.01. The van der Waals surface area contributed by atoms with Gasteiger partial charge in [0, 0.05) is 17.6 Å². The predicted octanol–water partition coefficient (Wildman–Crippen LogP) is 3.27. The van der Waals surface area contributed by atoms with Crippen molar-refractivity contribution in [2.75, 3.05) is 25.5 Å². The van der Waals surface area contributed by atoms with Gasteiger partial charge in [-0.15, -0.1) is 11.3 Å². The first-order chi connectivity index (χ1) is 13.8. The topological polar surface area (TPSA) is 75.7 Å². The molecule has 8 heteroatoms. The summed E-state index contributed by atoms with van der Waals surface area (Å²) in [6.45, 7) is 1.55. The first-order valence-corrected chi connectivity index (χ1v) is 10.2. The minimum absolute atomic E-state index is 0.209. The molecule has 1 atom stereocenters. The van der Waals surface area contributed by atoms with E-state index in [2.05, 4.69) is 12.2 Å². The van der Waals surface area contributed by atoms with Gasteiger partial charge in [0.05, 0.1) is 6.54 Å². The number of benzene rings is 1. The molecule has 1 N–H and O–H groups in total. The smallest absolute Gasteiger partial charge is 0.348 e. The van der Waals surface area contributed by atoms with E-state index >= 15 is 0 Å². The number of ether oxygens (including phenoxy) is 1. The molecule has 2 amide bonds. The summed E-state index contributed by atoms with van der Waals surface area (Å²) >= 11 is 1.43. The fourth-order valence-electron chi connectivity index (χ4n) is 3.15. The number of carbonyl (C=O) groups is 3. The zero-order chi connectivity index (χ0) is 21.0. The molecule has 1 unspecified atom stereocenters. The molecule has 1 aromatic carbocycles. The number of carbonyl (C=O) groups excluding carboxylic acids is 3. The standard InChI is InChI=1S/C21H23FN2O4S/c1-13-3-8-17-14(9-13)10-18(29-17)21(27)28-12-20(26)24(2)11-19(25)23-16-6-4-15(22)5-7-16/h4-7,10,13H,3,8-9,11-12H2,1-2H3,(H,23,25). The van der Waals surface area contributed by atoms with Crippen LogP contribution in [0.3, 0.4) is 0 Å². The van der Waals surface area contributed by atoms with Crippen molar-refractivity contribution in [3.05, 3.63) is 51.5 Å². The molecule has 1 aromatic heterocycles. The Labute approximate surface area is 172 Å². The average Bonchev–Trinajstić information content (AvgIpc) is 3.10. The Morgan fingerprint density at radius 3 is 2.72 bits per heavy atom. The van der Waals surface area contributed by atoms with Crippen molar-refractivity contribution in [2.24, 2.45) is 5.92 Å². The Kier molecular flexibility index (Phi) is 6.64. The summed E-state index contributed by atoms with van der Waals surface area (Å²) in [6, 6.07) is 7.18. The van der Waals surface area contributed by atoms with Crippen molar-refractivity contribution in [1.29, 1.82) is 0 Å². The maximum absolute atomic E-state index is 12.9. The van der Waals surface area contributed by atoms with Crippen LogP contribution in [0.5, 0.6) is 0 Å². The quantitative estimate of drug-likeness (QED) is 0.731. The van der Waals surface area contributed by atoms with E-state index in [1.807, 2.05) is 6.07 Å². The number of amides is 2. The van der Waals surface area contributed by atoms with Crippen LogP contribution < -0.4 is 5.32 Å². The molecule has 1 aliphatic rings. The van der Waals surface area contributed by atoms with Crippen molar-refractivity contribution in [3.63, 3.8) is 0 Å².